The summed E-state index contributed by atoms with van der Waals surface area (Å²) in [6.45, 7) is -0.495. The Morgan fingerprint density at radius 1 is 1.27 bits per heavy atom. The Balaban J connectivity index is 0.000001000. The Morgan fingerprint density at radius 3 is 2.09 bits per heavy atom. The van der Waals surface area contributed by atoms with Crippen LogP contribution in [0.5, 0.6) is 0 Å². The predicted octanol–water partition coefficient (Wildman–Crippen LogP) is 0.845. The van der Waals surface area contributed by atoms with Crippen molar-refractivity contribution < 1.29 is 27.6 Å². The van der Waals surface area contributed by atoms with Gasteiger partial charge >= 0.3 is 16.5 Å². The summed E-state index contributed by atoms with van der Waals surface area (Å²) in [5, 5.41) is 8.36. The fourth-order valence-electron chi connectivity index (χ4n) is 0.371. The van der Waals surface area contributed by atoms with Crippen molar-refractivity contribution in [3.05, 3.63) is 0 Å². The highest BCUT2D eigenvalue weighted by atomic mass is 31.2. The first-order valence-corrected chi connectivity index (χ1v) is 4.48. The zero-order chi connectivity index (χ0) is 7.56. The fourth-order valence-corrected chi connectivity index (χ4v) is 1.79. The number of rotatable bonds is 1. The van der Waals surface area contributed by atoms with E-state index in [0.29, 0.717) is 0 Å². The largest absolute Gasteiger partial charge is 0.750 e. The molecule has 0 bridgehead atoms. The molecule has 0 spiro atoms. The lowest BCUT2D eigenvalue weighted by molar-refractivity contribution is -0.0508. The first kappa shape index (κ1) is 11.0. The van der Waals surface area contributed by atoms with E-state index in [1.807, 2.05) is 0 Å². The second kappa shape index (κ2) is 4.79. The third kappa shape index (κ3) is 3.27. The van der Waals surface area contributed by atoms with E-state index in [4.69, 9.17) is 5.11 Å². The van der Waals surface area contributed by atoms with E-state index in [1.54, 1.807) is 0 Å². The molecule has 7 nitrogen and oxygen atoms in total. The minimum Gasteiger partial charge on any atom is -0.391 e. The Morgan fingerprint density at radius 2 is 1.73 bits per heavy atom. The van der Waals surface area contributed by atoms with Gasteiger partial charge in [-0.2, -0.15) is 0 Å². The highest BCUT2D eigenvalue weighted by Crippen LogP contribution is 2.46. The van der Waals surface area contributed by atoms with Crippen LogP contribution in [0.15, 0.2) is 0 Å². The average molecular weight is 203 g/mol. The maximum Gasteiger partial charge on any atom is 0.750 e. The van der Waals surface area contributed by atoms with Gasteiger partial charge in [-0.05, 0) is 0 Å². The Hall–Kier alpha value is -0.0000000000000000486. The van der Waals surface area contributed by atoms with E-state index in [1.165, 1.54) is 0 Å². The van der Waals surface area contributed by atoms with E-state index in [9.17, 15) is 9.13 Å². The molecule has 0 radical (unpaired) electrons. The van der Waals surface area contributed by atoms with E-state index in [2.05, 4.69) is 13.4 Å². The van der Waals surface area contributed by atoms with Crippen LogP contribution in [-0.2, 0) is 22.5 Å². The van der Waals surface area contributed by atoms with Crippen LogP contribution in [-0.4, -0.2) is 18.0 Å². The van der Waals surface area contributed by atoms with Gasteiger partial charge in [0.1, 0.15) is 6.61 Å². The lowest BCUT2D eigenvalue weighted by Crippen LogP contribution is -2.17. The zero-order valence-corrected chi connectivity index (χ0v) is 7.16. The smallest absolute Gasteiger partial charge is 0.391 e. The van der Waals surface area contributed by atoms with Gasteiger partial charge in [-0.3, -0.25) is 0 Å². The van der Waals surface area contributed by atoms with Crippen molar-refractivity contribution in [3.63, 3.8) is 0 Å². The molecule has 0 aromatic carbocycles. The summed E-state index contributed by atoms with van der Waals surface area (Å²) < 4.78 is 33.5. The summed E-state index contributed by atoms with van der Waals surface area (Å²) in [5.41, 5.74) is 0. The molecular formula is C2H7NO6P2+2. The van der Waals surface area contributed by atoms with Gasteiger partial charge in [-0.1, -0.05) is 9.05 Å². The lowest BCUT2D eigenvalue weighted by Gasteiger charge is -1.98. The molecule has 0 saturated carbocycles. The summed E-state index contributed by atoms with van der Waals surface area (Å²) in [7, 11) is -4.79. The third-order valence-electron chi connectivity index (χ3n) is 0.690. The van der Waals surface area contributed by atoms with Gasteiger partial charge in [-0.15, -0.1) is 0 Å². The quantitative estimate of drug-likeness (QED) is 0.606. The second-order valence-electron chi connectivity index (χ2n) is 1.35. The summed E-state index contributed by atoms with van der Waals surface area (Å²) in [4.78, 5) is 0. The van der Waals surface area contributed by atoms with E-state index in [0.717, 1.165) is 0 Å². The summed E-state index contributed by atoms with van der Waals surface area (Å²) >= 11 is 0. The van der Waals surface area contributed by atoms with Gasteiger partial charge in [0, 0.05) is 9.13 Å². The number of aliphatic hydroxyl groups excluding tert-OH is 1. The molecule has 2 atom stereocenters. The van der Waals surface area contributed by atoms with E-state index in [-0.39, 0.29) is 6.15 Å². The van der Waals surface area contributed by atoms with Crippen molar-refractivity contribution >= 4 is 16.5 Å². The van der Waals surface area contributed by atoms with Gasteiger partial charge in [0.15, 0.2) is 4.31 Å². The molecule has 1 rings (SSSR count). The molecule has 1 aliphatic rings. The van der Waals surface area contributed by atoms with Crippen LogP contribution in [0.1, 0.15) is 0 Å². The molecule has 0 aromatic heterocycles. The van der Waals surface area contributed by atoms with Crippen molar-refractivity contribution in [2.45, 2.75) is 6.29 Å². The molecule has 64 valence electrons. The van der Waals surface area contributed by atoms with Crippen molar-refractivity contribution in [2.75, 3.05) is 6.61 Å². The van der Waals surface area contributed by atoms with Crippen LogP contribution in [0.2, 0.25) is 0 Å². The van der Waals surface area contributed by atoms with Crippen molar-refractivity contribution in [1.82, 2.24) is 6.15 Å². The fraction of sp³-hybridized carbons (Fsp3) is 1.00. The zero-order valence-electron chi connectivity index (χ0n) is 5.37. The molecule has 11 heavy (non-hydrogen) atoms. The highest BCUT2D eigenvalue weighted by molar-refractivity contribution is 7.48. The number of aliphatic hydroxyl groups is 1. The second-order valence-corrected chi connectivity index (χ2v) is 3.32. The van der Waals surface area contributed by atoms with Crippen LogP contribution in [0.25, 0.3) is 0 Å². The highest BCUT2D eigenvalue weighted by Gasteiger charge is 2.51. The van der Waals surface area contributed by atoms with Crippen LogP contribution < -0.4 is 6.15 Å². The molecule has 9 heteroatoms. The van der Waals surface area contributed by atoms with Gasteiger partial charge in [0.05, 0.1) is 0 Å². The van der Waals surface area contributed by atoms with Crippen LogP contribution >= 0.6 is 16.5 Å². The van der Waals surface area contributed by atoms with Crippen molar-refractivity contribution in [1.29, 1.82) is 0 Å². The topological polar surface area (TPSA) is 117 Å². The van der Waals surface area contributed by atoms with Crippen molar-refractivity contribution in [3.8, 4) is 0 Å². The van der Waals surface area contributed by atoms with Gasteiger partial charge in [0.2, 0.25) is 0 Å². The molecule has 0 amide bonds. The summed E-state index contributed by atoms with van der Waals surface area (Å²) in [6.07, 6.45) is -1.10. The Labute approximate surface area is 64.1 Å². The predicted molar refractivity (Wildman–Crippen MR) is 34.4 cm³/mol. The monoisotopic (exact) mass is 203 g/mol. The van der Waals surface area contributed by atoms with Crippen LogP contribution in [0.4, 0.5) is 0 Å². The molecule has 4 N–H and O–H groups in total. The lowest BCUT2D eigenvalue weighted by atomic mass is 10.7. The minimum absolute atomic E-state index is 0. The first-order valence-electron chi connectivity index (χ1n) is 2.29. The van der Waals surface area contributed by atoms with Crippen LogP contribution in [0.3, 0.4) is 0 Å². The van der Waals surface area contributed by atoms with E-state index < -0.39 is 29.4 Å². The number of hydrogen-bond donors (Lipinski definition) is 2. The van der Waals surface area contributed by atoms with Gasteiger partial charge in [0.25, 0.3) is 6.29 Å². The molecule has 0 aliphatic carbocycles. The Bertz CT molecular complexity index is 156. The molecule has 1 saturated heterocycles. The van der Waals surface area contributed by atoms with Crippen LogP contribution in [0, 0.1) is 0 Å². The van der Waals surface area contributed by atoms with Gasteiger partial charge < -0.3 is 11.3 Å². The van der Waals surface area contributed by atoms with E-state index >= 15 is 0 Å². The minimum atomic E-state index is -2.39. The van der Waals surface area contributed by atoms with Crippen molar-refractivity contribution in [2.24, 2.45) is 0 Å². The first-order chi connectivity index (χ1) is 4.72. The maximum absolute atomic E-state index is 10.4. The summed E-state index contributed by atoms with van der Waals surface area (Å²) in [6, 6.07) is 0. The third-order valence-corrected chi connectivity index (χ3v) is 2.57. The molecule has 1 heterocycles. The normalized spacial score (nSPS) is 31.2. The SMILES string of the molecule is N.O=[P+]1OC(CO)O[P+](=O)O1. The number of hydrogen-bond acceptors (Lipinski definition) is 7. The maximum atomic E-state index is 10.4. The Kier molecular flexibility index (Phi) is 4.79. The average Bonchev–Trinajstić information content (AvgIpc) is 1.85. The molecule has 1 aliphatic heterocycles. The molecular weight excluding hydrogens is 196 g/mol. The molecule has 2 unspecified atom stereocenters. The standard InChI is InChI=1S/C2H4O6P2.H3N/c3-1-2-6-9(4)8-10(5)7-2;/h2-3H,1H2;1H3/q+2;. The van der Waals surface area contributed by atoms with Gasteiger partial charge in [-0.25, -0.2) is 0 Å². The molecule has 1 fully saturated rings. The molecule has 0 aromatic rings. The summed E-state index contributed by atoms with van der Waals surface area (Å²) in [5.74, 6) is 0.